The molecule has 1 aliphatic heterocycles. The fraction of sp³-hybridized carbons (Fsp3) is 0.471. The first-order chi connectivity index (χ1) is 19.6. The Balaban J connectivity index is 1.14. The van der Waals surface area contributed by atoms with Gasteiger partial charge in [-0.3, -0.25) is 4.90 Å². The Morgan fingerprint density at radius 2 is 1.70 bits per heavy atom. The molecule has 3 aromatic carbocycles. The summed E-state index contributed by atoms with van der Waals surface area (Å²) < 4.78 is 31.4. The number of halogens is 1. The fourth-order valence-corrected chi connectivity index (χ4v) is 6.12. The molecule has 6 heteroatoms. The first-order valence-electron chi connectivity index (χ1n) is 14.8. The van der Waals surface area contributed by atoms with Crippen molar-refractivity contribution >= 4 is 0 Å². The second kappa shape index (κ2) is 14.0. The molecular formula is C34H43FN2O3. The summed E-state index contributed by atoms with van der Waals surface area (Å²) in [6.45, 7) is 5.15. The van der Waals surface area contributed by atoms with Gasteiger partial charge in [-0.1, -0.05) is 24.6 Å². The van der Waals surface area contributed by atoms with Crippen LogP contribution in [-0.4, -0.2) is 51.9 Å². The van der Waals surface area contributed by atoms with Gasteiger partial charge in [-0.15, -0.1) is 0 Å². The Kier molecular flexibility index (Phi) is 9.95. The van der Waals surface area contributed by atoms with Crippen LogP contribution in [0.1, 0.15) is 59.4 Å². The zero-order valence-corrected chi connectivity index (χ0v) is 24.0. The molecule has 0 spiro atoms. The highest BCUT2D eigenvalue weighted by Gasteiger charge is 2.23. The highest BCUT2D eigenvalue weighted by molar-refractivity contribution is 5.43. The van der Waals surface area contributed by atoms with Gasteiger partial charge >= 0.3 is 0 Å². The van der Waals surface area contributed by atoms with E-state index in [1.54, 1.807) is 26.4 Å². The number of benzene rings is 3. The summed E-state index contributed by atoms with van der Waals surface area (Å²) in [5.74, 6) is 2.35. The number of hydrogen-bond acceptors (Lipinski definition) is 5. The molecule has 1 atom stereocenters. The van der Waals surface area contributed by atoms with Crippen LogP contribution in [0.4, 0.5) is 4.39 Å². The standard InChI is InChI=1S/C34H43FN2O3/c1-38-30-10-9-26-21-28(8-7-27(26)22-30)32-12-11-31(39-2)23-29(32)24-36-15-14-25-6-13-34(33(35)20-25)40-19-18-37-16-4-3-5-17-37/h6,9-13,20,22-23,28,36H,3-5,7-8,14-19,21,24H2,1-2H3. The summed E-state index contributed by atoms with van der Waals surface area (Å²) in [6, 6.07) is 18.3. The zero-order chi connectivity index (χ0) is 27.7. The quantitative estimate of drug-likeness (QED) is 0.270. The summed E-state index contributed by atoms with van der Waals surface area (Å²) in [5.41, 5.74) is 6.43. The van der Waals surface area contributed by atoms with E-state index < -0.39 is 0 Å². The van der Waals surface area contributed by atoms with Crippen molar-refractivity contribution in [2.24, 2.45) is 0 Å². The number of rotatable bonds is 12. The first kappa shape index (κ1) is 28.4. The number of hydrogen-bond donors (Lipinski definition) is 1. The first-order valence-corrected chi connectivity index (χ1v) is 14.8. The van der Waals surface area contributed by atoms with E-state index >= 15 is 0 Å². The molecule has 1 fully saturated rings. The monoisotopic (exact) mass is 546 g/mol. The normalized spacial score (nSPS) is 17.3. The maximum Gasteiger partial charge on any atom is 0.165 e. The molecule has 0 amide bonds. The molecule has 5 rings (SSSR count). The molecule has 3 aromatic rings. The van der Waals surface area contributed by atoms with Crippen LogP contribution in [0, 0.1) is 5.82 Å². The van der Waals surface area contributed by atoms with Gasteiger partial charge in [-0.05, 0) is 128 Å². The summed E-state index contributed by atoms with van der Waals surface area (Å²) in [6.07, 6.45) is 7.77. The van der Waals surface area contributed by atoms with Crippen LogP contribution >= 0.6 is 0 Å². The molecule has 1 N–H and O–H groups in total. The molecule has 0 aromatic heterocycles. The Labute approximate surface area is 238 Å². The van der Waals surface area contributed by atoms with Gasteiger partial charge in [-0.25, -0.2) is 4.39 Å². The lowest BCUT2D eigenvalue weighted by atomic mass is 9.78. The Morgan fingerprint density at radius 3 is 2.50 bits per heavy atom. The Bertz CT molecular complexity index is 1260. The molecule has 2 aliphatic rings. The lowest BCUT2D eigenvalue weighted by Crippen LogP contribution is -2.33. The maximum atomic E-state index is 14.7. The van der Waals surface area contributed by atoms with E-state index in [1.807, 2.05) is 6.07 Å². The number of piperidine rings is 1. The van der Waals surface area contributed by atoms with Gasteiger partial charge in [0, 0.05) is 13.1 Å². The number of fused-ring (bicyclic) bond motifs is 1. The van der Waals surface area contributed by atoms with Gasteiger partial charge in [-0.2, -0.15) is 0 Å². The number of aryl methyl sites for hydroxylation is 1. The second-order valence-electron chi connectivity index (χ2n) is 11.1. The molecule has 1 heterocycles. The highest BCUT2D eigenvalue weighted by Crippen LogP contribution is 2.36. The fourth-order valence-electron chi connectivity index (χ4n) is 6.12. The summed E-state index contributed by atoms with van der Waals surface area (Å²) >= 11 is 0. The van der Waals surface area contributed by atoms with E-state index in [-0.39, 0.29) is 5.82 Å². The third-order valence-corrected chi connectivity index (χ3v) is 8.45. The molecule has 214 valence electrons. The van der Waals surface area contributed by atoms with Gasteiger partial charge in [0.05, 0.1) is 14.2 Å². The molecule has 5 nitrogen and oxygen atoms in total. The van der Waals surface area contributed by atoms with Gasteiger partial charge in [0.15, 0.2) is 11.6 Å². The van der Waals surface area contributed by atoms with Crippen LogP contribution in [0.2, 0.25) is 0 Å². The van der Waals surface area contributed by atoms with Crippen molar-refractivity contribution in [2.75, 3.05) is 47.0 Å². The molecular weight excluding hydrogens is 503 g/mol. The third kappa shape index (κ3) is 7.35. The third-order valence-electron chi connectivity index (χ3n) is 8.45. The average Bonchev–Trinajstić information content (AvgIpc) is 3.00. The van der Waals surface area contributed by atoms with Gasteiger partial charge in [0.1, 0.15) is 18.1 Å². The van der Waals surface area contributed by atoms with Crippen molar-refractivity contribution < 1.29 is 18.6 Å². The minimum absolute atomic E-state index is 0.276. The largest absolute Gasteiger partial charge is 0.497 e. The number of likely N-dealkylation sites (tertiary alicyclic amines) is 1. The van der Waals surface area contributed by atoms with Crippen LogP contribution in [0.25, 0.3) is 0 Å². The lowest BCUT2D eigenvalue weighted by molar-refractivity contribution is 0.180. The van der Waals surface area contributed by atoms with Gasteiger partial charge in [0.25, 0.3) is 0 Å². The average molecular weight is 547 g/mol. The van der Waals surface area contributed by atoms with Crippen LogP contribution in [0.5, 0.6) is 17.2 Å². The molecule has 0 bridgehead atoms. The smallest absolute Gasteiger partial charge is 0.165 e. The van der Waals surface area contributed by atoms with Crippen molar-refractivity contribution in [2.45, 2.75) is 57.4 Å². The molecule has 0 saturated carbocycles. The SMILES string of the molecule is COc1ccc2c(c1)CCC(c1ccc(OC)cc1CNCCc1ccc(OCCN3CCCCC3)c(F)c1)C2. The predicted molar refractivity (Wildman–Crippen MR) is 158 cm³/mol. The van der Waals surface area contributed by atoms with Crippen LogP contribution in [0.15, 0.2) is 54.6 Å². The number of ether oxygens (including phenoxy) is 3. The Hall–Kier alpha value is -3.09. The lowest BCUT2D eigenvalue weighted by Gasteiger charge is -2.27. The molecule has 1 aliphatic carbocycles. The van der Waals surface area contributed by atoms with E-state index in [0.717, 1.165) is 75.5 Å². The number of nitrogens with zero attached hydrogens (tertiary/aromatic N) is 1. The number of methoxy groups -OCH3 is 2. The molecule has 1 saturated heterocycles. The van der Waals surface area contributed by atoms with E-state index in [0.29, 0.717) is 18.3 Å². The number of nitrogens with one attached hydrogen (secondary N) is 1. The summed E-state index contributed by atoms with van der Waals surface area (Å²) in [4.78, 5) is 2.40. The van der Waals surface area contributed by atoms with Crippen molar-refractivity contribution in [3.05, 3.63) is 88.2 Å². The van der Waals surface area contributed by atoms with Crippen molar-refractivity contribution in [1.29, 1.82) is 0 Å². The second-order valence-corrected chi connectivity index (χ2v) is 11.1. The summed E-state index contributed by atoms with van der Waals surface area (Å²) in [7, 11) is 3.44. The van der Waals surface area contributed by atoms with Gasteiger partial charge < -0.3 is 19.5 Å². The van der Waals surface area contributed by atoms with Gasteiger partial charge in [0.2, 0.25) is 0 Å². The zero-order valence-electron chi connectivity index (χ0n) is 24.0. The van der Waals surface area contributed by atoms with Crippen molar-refractivity contribution in [3.63, 3.8) is 0 Å². The minimum Gasteiger partial charge on any atom is -0.497 e. The van der Waals surface area contributed by atoms with Crippen molar-refractivity contribution in [1.82, 2.24) is 10.2 Å². The maximum absolute atomic E-state index is 14.7. The van der Waals surface area contributed by atoms with E-state index in [2.05, 4.69) is 46.6 Å². The van der Waals surface area contributed by atoms with E-state index in [9.17, 15) is 4.39 Å². The minimum atomic E-state index is -0.276. The van der Waals surface area contributed by atoms with E-state index in [1.165, 1.54) is 41.5 Å². The van der Waals surface area contributed by atoms with Crippen LogP contribution in [0.3, 0.4) is 0 Å². The summed E-state index contributed by atoms with van der Waals surface area (Å²) in [5, 5.41) is 3.59. The molecule has 1 unspecified atom stereocenters. The highest BCUT2D eigenvalue weighted by atomic mass is 19.1. The van der Waals surface area contributed by atoms with Crippen molar-refractivity contribution in [3.8, 4) is 17.2 Å². The topological polar surface area (TPSA) is 43.0 Å². The predicted octanol–water partition coefficient (Wildman–Crippen LogP) is 6.31. The molecule has 0 radical (unpaired) electrons. The van der Waals surface area contributed by atoms with Crippen LogP contribution in [-0.2, 0) is 25.8 Å². The van der Waals surface area contributed by atoms with Crippen LogP contribution < -0.4 is 19.5 Å². The Morgan fingerprint density at radius 1 is 0.900 bits per heavy atom. The van der Waals surface area contributed by atoms with E-state index in [4.69, 9.17) is 14.2 Å². The molecule has 40 heavy (non-hydrogen) atoms.